The lowest BCUT2D eigenvalue weighted by Gasteiger charge is -2.53. The molecule has 2 aliphatic rings. The molecule has 5 N–H and O–H groups in total. The Morgan fingerprint density at radius 3 is 2.37 bits per heavy atom. The quantitative estimate of drug-likeness (QED) is 0.197. The molecule has 3 rings (SSSR count). The fourth-order valence-electron chi connectivity index (χ4n) is 6.89. The van der Waals surface area contributed by atoms with Gasteiger partial charge in [0.25, 0.3) is 0 Å². The molecule has 214 valence electrons. The normalized spacial score (nSPS) is 24.3. The number of nitrogens with one attached hydrogen (secondary N) is 2. The first-order chi connectivity index (χ1) is 18.3. The molecule has 38 heavy (non-hydrogen) atoms. The van der Waals surface area contributed by atoms with Crippen LogP contribution in [0.1, 0.15) is 108 Å². The molecule has 3 atom stereocenters. The van der Waals surface area contributed by atoms with Crippen LogP contribution in [0.3, 0.4) is 0 Å². The predicted octanol–water partition coefficient (Wildman–Crippen LogP) is 5.93. The van der Waals surface area contributed by atoms with E-state index >= 15 is 0 Å². The predicted molar refractivity (Wildman–Crippen MR) is 153 cm³/mol. The number of carbonyl (C=O) groups excluding carboxylic acids is 1. The Balaban J connectivity index is 1.35. The van der Waals surface area contributed by atoms with Crippen molar-refractivity contribution in [3.8, 4) is 5.75 Å². The van der Waals surface area contributed by atoms with E-state index in [1.807, 2.05) is 19.1 Å². The third-order valence-corrected chi connectivity index (χ3v) is 9.14. The molecule has 1 aromatic carbocycles. The van der Waals surface area contributed by atoms with Gasteiger partial charge in [-0.05, 0) is 106 Å². The highest BCUT2D eigenvalue weighted by Gasteiger charge is 2.55. The molecule has 1 aromatic rings. The molecule has 0 bridgehead atoms. The molecule has 0 aromatic heterocycles. The van der Waals surface area contributed by atoms with Crippen molar-refractivity contribution < 1.29 is 19.4 Å². The van der Waals surface area contributed by atoms with E-state index in [4.69, 9.17) is 10.5 Å². The minimum absolute atomic E-state index is 0.0804. The van der Waals surface area contributed by atoms with Gasteiger partial charge in [-0.2, -0.15) is 0 Å². The van der Waals surface area contributed by atoms with Crippen LogP contribution in [0.2, 0.25) is 0 Å². The average molecular weight is 530 g/mol. The molecule has 1 fully saturated rings. The van der Waals surface area contributed by atoms with Crippen molar-refractivity contribution in [1.82, 2.24) is 10.6 Å². The van der Waals surface area contributed by atoms with Crippen molar-refractivity contribution >= 4 is 12.1 Å². The summed E-state index contributed by atoms with van der Waals surface area (Å²) >= 11 is 0. The zero-order valence-electron chi connectivity index (χ0n) is 23.8. The molecule has 2 aliphatic carbocycles. The number of aliphatic carboxylic acids is 1. The molecule has 1 saturated carbocycles. The SMILES string of the molecule is C[C@]1(C(=O)O)CCC[C@]2(C)c3cc(OC(=O)NCCCNCCCCCCCCCCN)ccc3CC[C@@H]12. The highest BCUT2D eigenvalue weighted by molar-refractivity contribution is 5.75. The van der Waals surface area contributed by atoms with Gasteiger partial charge in [0.1, 0.15) is 5.75 Å². The highest BCUT2D eigenvalue weighted by Crippen LogP contribution is 2.57. The maximum absolute atomic E-state index is 12.4. The van der Waals surface area contributed by atoms with Crippen molar-refractivity contribution in [1.29, 1.82) is 0 Å². The summed E-state index contributed by atoms with van der Waals surface area (Å²) in [6.45, 7) is 7.40. The van der Waals surface area contributed by atoms with Gasteiger partial charge in [-0.1, -0.05) is 57.9 Å². The summed E-state index contributed by atoms with van der Waals surface area (Å²) in [5.41, 5.74) is 7.00. The zero-order chi connectivity index (χ0) is 27.4. The van der Waals surface area contributed by atoms with E-state index in [9.17, 15) is 14.7 Å². The first kappa shape index (κ1) is 30.4. The minimum atomic E-state index is -0.711. The number of carboxylic acid groups (broad SMARTS) is 1. The summed E-state index contributed by atoms with van der Waals surface area (Å²) in [5, 5.41) is 16.3. The Bertz CT molecular complexity index is 907. The third kappa shape index (κ3) is 7.95. The number of carboxylic acids is 1. The van der Waals surface area contributed by atoms with Gasteiger partial charge in [0.2, 0.25) is 0 Å². The highest BCUT2D eigenvalue weighted by atomic mass is 16.6. The smallest absolute Gasteiger partial charge is 0.412 e. The lowest BCUT2D eigenvalue weighted by Crippen LogP contribution is -2.52. The van der Waals surface area contributed by atoms with Gasteiger partial charge in [0.15, 0.2) is 0 Å². The molecule has 1 amide bonds. The van der Waals surface area contributed by atoms with E-state index in [2.05, 4.69) is 23.6 Å². The van der Waals surface area contributed by atoms with Gasteiger partial charge in [-0.25, -0.2) is 4.79 Å². The number of hydrogen-bond donors (Lipinski definition) is 4. The van der Waals surface area contributed by atoms with Crippen LogP contribution >= 0.6 is 0 Å². The maximum atomic E-state index is 12.4. The monoisotopic (exact) mass is 529 g/mol. The standard InChI is InChI=1S/C31H51N3O4/c1-30-17-11-18-31(2,28(35)36)27(30)16-14-24-13-15-25(23-26(24)30)38-29(37)34-22-12-21-33-20-10-8-6-4-3-5-7-9-19-32/h13,15,23,27,33H,3-12,14,16-22,32H2,1-2H3,(H,34,37)(H,35,36)/t27-,30-,31+/m1/s1. The first-order valence-corrected chi connectivity index (χ1v) is 15.0. The van der Waals surface area contributed by atoms with E-state index in [1.54, 1.807) is 0 Å². The van der Waals surface area contributed by atoms with Crippen LogP contribution in [0.25, 0.3) is 0 Å². The molecule has 0 unspecified atom stereocenters. The van der Waals surface area contributed by atoms with Crippen LogP contribution in [0, 0.1) is 11.3 Å². The second-order valence-electron chi connectivity index (χ2n) is 11.9. The van der Waals surface area contributed by atoms with Crippen LogP contribution < -0.4 is 21.1 Å². The van der Waals surface area contributed by atoms with E-state index in [1.165, 1.54) is 50.5 Å². The molecule has 0 aliphatic heterocycles. The average Bonchev–Trinajstić information content (AvgIpc) is 2.89. The van der Waals surface area contributed by atoms with Gasteiger partial charge in [0.05, 0.1) is 5.41 Å². The van der Waals surface area contributed by atoms with Gasteiger partial charge < -0.3 is 26.2 Å². The van der Waals surface area contributed by atoms with Crippen molar-refractivity contribution in [2.45, 2.75) is 109 Å². The Morgan fingerprint density at radius 1 is 0.974 bits per heavy atom. The van der Waals surface area contributed by atoms with Gasteiger partial charge >= 0.3 is 12.1 Å². The second-order valence-corrected chi connectivity index (χ2v) is 11.9. The molecule has 0 spiro atoms. The number of hydrogen-bond acceptors (Lipinski definition) is 5. The van der Waals surface area contributed by atoms with Gasteiger partial charge in [0, 0.05) is 6.54 Å². The van der Waals surface area contributed by atoms with E-state index in [0.717, 1.165) is 70.1 Å². The molecule has 7 heteroatoms. The van der Waals surface area contributed by atoms with Crippen molar-refractivity contribution in [3.05, 3.63) is 29.3 Å². The summed E-state index contributed by atoms with van der Waals surface area (Å²) in [7, 11) is 0. The number of benzene rings is 1. The molecule has 7 nitrogen and oxygen atoms in total. The number of carbonyl (C=O) groups is 2. The molecular formula is C31H51N3O4. The first-order valence-electron chi connectivity index (χ1n) is 15.0. The fraction of sp³-hybridized carbons (Fsp3) is 0.742. The zero-order valence-corrected chi connectivity index (χ0v) is 23.8. The largest absolute Gasteiger partial charge is 0.481 e. The summed E-state index contributed by atoms with van der Waals surface area (Å²) < 4.78 is 5.63. The minimum Gasteiger partial charge on any atom is -0.481 e. The summed E-state index contributed by atoms with van der Waals surface area (Å²) in [5.74, 6) is -0.0807. The summed E-state index contributed by atoms with van der Waals surface area (Å²) in [6, 6.07) is 5.90. The number of fused-ring (bicyclic) bond motifs is 3. The summed E-state index contributed by atoms with van der Waals surface area (Å²) in [6.07, 6.45) is 14.9. The number of aryl methyl sites for hydroxylation is 1. The van der Waals surface area contributed by atoms with Crippen LogP contribution in [0.4, 0.5) is 4.79 Å². The number of amides is 1. The Morgan fingerprint density at radius 2 is 1.66 bits per heavy atom. The maximum Gasteiger partial charge on any atom is 0.412 e. The van der Waals surface area contributed by atoms with Gasteiger partial charge in [-0.15, -0.1) is 0 Å². The number of nitrogens with two attached hydrogens (primary N) is 1. The van der Waals surface area contributed by atoms with Crippen molar-refractivity contribution in [2.75, 3.05) is 26.2 Å². The Labute approximate surface area is 229 Å². The van der Waals surface area contributed by atoms with E-state index < -0.39 is 17.5 Å². The van der Waals surface area contributed by atoms with Crippen molar-refractivity contribution in [3.63, 3.8) is 0 Å². The Kier molecular flexibility index (Phi) is 11.9. The summed E-state index contributed by atoms with van der Waals surface area (Å²) in [4.78, 5) is 24.6. The molecular weight excluding hydrogens is 478 g/mol. The third-order valence-electron chi connectivity index (χ3n) is 9.14. The van der Waals surface area contributed by atoms with Gasteiger partial charge in [-0.3, -0.25) is 4.79 Å². The van der Waals surface area contributed by atoms with Crippen LogP contribution in [0.15, 0.2) is 18.2 Å². The molecule has 0 heterocycles. The van der Waals surface area contributed by atoms with Crippen LogP contribution in [0.5, 0.6) is 5.75 Å². The van der Waals surface area contributed by atoms with Crippen molar-refractivity contribution in [2.24, 2.45) is 17.1 Å². The number of ether oxygens (including phenoxy) is 1. The Hall–Kier alpha value is -2.12. The number of unbranched alkanes of at least 4 members (excludes halogenated alkanes) is 7. The van der Waals surface area contributed by atoms with Crippen LogP contribution in [-0.4, -0.2) is 43.3 Å². The topological polar surface area (TPSA) is 114 Å². The van der Waals surface area contributed by atoms with Crippen LogP contribution in [-0.2, 0) is 16.6 Å². The van der Waals surface area contributed by atoms with E-state index in [0.29, 0.717) is 12.3 Å². The number of rotatable bonds is 16. The lowest BCUT2D eigenvalue weighted by atomic mass is 9.50. The lowest BCUT2D eigenvalue weighted by molar-refractivity contribution is -0.157. The molecule has 0 saturated heterocycles. The molecule has 0 radical (unpaired) electrons. The second kappa shape index (κ2) is 14.9. The fourth-order valence-corrected chi connectivity index (χ4v) is 6.89. The van der Waals surface area contributed by atoms with E-state index in [-0.39, 0.29) is 11.3 Å².